The Labute approximate surface area is 233 Å². The topological polar surface area (TPSA) is 92.6 Å². The Morgan fingerprint density at radius 2 is 1.92 bits per heavy atom. The van der Waals surface area contributed by atoms with E-state index in [0.29, 0.717) is 22.0 Å². The number of pyridine rings is 1. The van der Waals surface area contributed by atoms with Gasteiger partial charge in [-0.1, -0.05) is 59.3 Å². The number of rotatable bonds is 10. The highest BCUT2D eigenvalue weighted by atomic mass is 35.5. The number of ether oxygens (including phenoxy) is 1. The first-order chi connectivity index (χ1) is 18.8. The fourth-order valence-corrected chi connectivity index (χ4v) is 5.56. The van der Waals surface area contributed by atoms with Crippen LogP contribution in [0.2, 0.25) is 5.02 Å². The van der Waals surface area contributed by atoms with Crippen LogP contribution in [0.3, 0.4) is 0 Å². The van der Waals surface area contributed by atoms with E-state index < -0.39 is 17.0 Å². The summed E-state index contributed by atoms with van der Waals surface area (Å²) in [6, 6.07) is 17.8. The van der Waals surface area contributed by atoms with Crippen LogP contribution in [-0.4, -0.2) is 40.1 Å². The van der Waals surface area contributed by atoms with Gasteiger partial charge in [-0.25, -0.2) is 9.97 Å². The van der Waals surface area contributed by atoms with Gasteiger partial charge in [0.05, 0.1) is 19.4 Å². The van der Waals surface area contributed by atoms with E-state index in [4.69, 9.17) is 16.3 Å². The molecule has 1 atom stereocenters. The molecule has 2 aromatic heterocycles. The predicted octanol–water partition coefficient (Wildman–Crippen LogP) is 6.50. The zero-order valence-electron chi connectivity index (χ0n) is 21.0. The number of benzene rings is 2. The molecule has 0 bridgehead atoms. The van der Waals surface area contributed by atoms with E-state index in [0.717, 1.165) is 35.3 Å². The smallest absolute Gasteiger partial charge is 0.304 e. The fourth-order valence-electron chi connectivity index (χ4n) is 4.50. The second kappa shape index (κ2) is 11.5. The molecule has 5 rings (SSSR count). The van der Waals surface area contributed by atoms with Gasteiger partial charge in [-0.15, -0.1) is 0 Å². The second-order valence-corrected chi connectivity index (χ2v) is 10.7. The van der Waals surface area contributed by atoms with Crippen LogP contribution < -0.4 is 9.64 Å². The summed E-state index contributed by atoms with van der Waals surface area (Å²) in [4.78, 5) is 35.8. The Bertz CT molecular complexity index is 1490. The largest absolute Gasteiger partial charge is 0.481 e. The number of carbonyl (C=O) groups excluding carboxylic acids is 1. The number of aromatic nitrogens is 2. The number of carboxylic acids is 1. The maximum Gasteiger partial charge on any atom is 0.304 e. The van der Waals surface area contributed by atoms with Crippen molar-refractivity contribution >= 4 is 39.9 Å². The van der Waals surface area contributed by atoms with Crippen molar-refractivity contribution in [2.24, 2.45) is 5.92 Å². The maximum absolute atomic E-state index is 15.6. The van der Waals surface area contributed by atoms with Crippen LogP contribution in [0.5, 0.6) is 5.88 Å². The molecule has 1 fully saturated rings. The Hall–Kier alpha value is -3.82. The van der Waals surface area contributed by atoms with Gasteiger partial charge >= 0.3 is 5.97 Å². The average Bonchev–Trinajstić information content (AvgIpc) is 3.69. The number of nitrogens with zero attached hydrogens (tertiary/aromatic N) is 3. The minimum absolute atomic E-state index is 0.0691. The quantitative estimate of drug-likeness (QED) is 0.236. The molecular formula is C29H25ClFN3O4S. The minimum atomic E-state index is -1.07. The number of anilines is 1. The molecule has 0 spiro atoms. The molecule has 200 valence electrons. The van der Waals surface area contributed by atoms with Gasteiger partial charge in [0.15, 0.2) is 5.13 Å². The molecule has 39 heavy (non-hydrogen) atoms. The molecule has 4 aromatic rings. The first-order valence-corrected chi connectivity index (χ1v) is 13.6. The van der Waals surface area contributed by atoms with Crippen LogP contribution in [0.15, 0.2) is 66.9 Å². The molecule has 0 radical (unpaired) electrons. The number of amides is 1. The highest BCUT2D eigenvalue weighted by molar-refractivity contribution is 7.14. The van der Waals surface area contributed by atoms with Crippen molar-refractivity contribution in [1.29, 1.82) is 0 Å². The number of carbonyl (C=O) groups is 2. The Morgan fingerprint density at radius 3 is 2.56 bits per heavy atom. The summed E-state index contributed by atoms with van der Waals surface area (Å²) in [6.07, 6.45) is 3.04. The number of methoxy groups -OCH3 is 1. The Balaban J connectivity index is 1.51. The molecule has 1 aliphatic carbocycles. The third-order valence-electron chi connectivity index (χ3n) is 6.52. The summed E-state index contributed by atoms with van der Waals surface area (Å²) >= 11 is 7.07. The van der Waals surface area contributed by atoms with E-state index in [9.17, 15) is 14.7 Å². The molecular weight excluding hydrogens is 541 g/mol. The van der Waals surface area contributed by atoms with Gasteiger partial charge in [-0.3, -0.25) is 14.5 Å². The van der Waals surface area contributed by atoms with Gasteiger partial charge in [0.2, 0.25) is 16.9 Å². The molecule has 1 saturated carbocycles. The lowest BCUT2D eigenvalue weighted by molar-refractivity contribution is -0.140. The number of thiazole rings is 1. The SMILES string of the molecule is COc1ccc(-c2ccc(Cl)cc2-c2nc(N(C(=O)C(CC(=O)O)Cc3ccccc3)C3CC3)sc2F)cn1. The van der Waals surface area contributed by atoms with Crippen LogP contribution in [-0.2, 0) is 16.0 Å². The van der Waals surface area contributed by atoms with Gasteiger partial charge in [0.25, 0.3) is 0 Å². The Morgan fingerprint density at radius 1 is 1.15 bits per heavy atom. The lowest BCUT2D eigenvalue weighted by atomic mass is 9.94. The van der Waals surface area contributed by atoms with E-state index in [2.05, 4.69) is 9.97 Å². The molecule has 10 heteroatoms. The van der Waals surface area contributed by atoms with E-state index in [1.54, 1.807) is 30.5 Å². The normalized spacial score (nSPS) is 13.6. The van der Waals surface area contributed by atoms with Crippen LogP contribution in [0.25, 0.3) is 22.4 Å². The van der Waals surface area contributed by atoms with Crippen molar-refractivity contribution in [3.8, 4) is 28.3 Å². The highest BCUT2D eigenvalue weighted by Gasteiger charge is 2.40. The molecule has 1 unspecified atom stereocenters. The Kier molecular flexibility index (Phi) is 7.90. The molecule has 1 aliphatic rings. The number of aliphatic carboxylic acids is 1. The van der Waals surface area contributed by atoms with Gasteiger partial charge in [0, 0.05) is 34.5 Å². The van der Waals surface area contributed by atoms with Crippen LogP contribution in [0, 0.1) is 11.0 Å². The van der Waals surface area contributed by atoms with Crippen LogP contribution in [0.4, 0.5) is 9.52 Å². The summed E-state index contributed by atoms with van der Waals surface area (Å²) in [5, 5.41) is 9.59. The third kappa shape index (κ3) is 6.10. The number of halogens is 2. The summed E-state index contributed by atoms with van der Waals surface area (Å²) in [5.41, 5.74) is 2.78. The van der Waals surface area contributed by atoms with E-state index in [1.165, 1.54) is 12.0 Å². The lowest BCUT2D eigenvalue weighted by Crippen LogP contribution is -2.39. The average molecular weight is 566 g/mol. The van der Waals surface area contributed by atoms with Gasteiger partial charge in [-0.2, -0.15) is 4.39 Å². The first-order valence-electron chi connectivity index (χ1n) is 12.4. The summed E-state index contributed by atoms with van der Waals surface area (Å²) in [7, 11) is 1.52. The number of hydrogen-bond acceptors (Lipinski definition) is 6. The zero-order valence-corrected chi connectivity index (χ0v) is 22.6. The van der Waals surface area contributed by atoms with Crippen molar-refractivity contribution < 1.29 is 23.8 Å². The molecule has 2 aromatic carbocycles. The van der Waals surface area contributed by atoms with Crippen molar-refractivity contribution in [2.45, 2.75) is 31.7 Å². The number of hydrogen-bond donors (Lipinski definition) is 1. The highest BCUT2D eigenvalue weighted by Crippen LogP contribution is 2.42. The molecule has 1 amide bonds. The van der Waals surface area contributed by atoms with Crippen LogP contribution >= 0.6 is 22.9 Å². The third-order valence-corrected chi connectivity index (χ3v) is 7.60. The monoisotopic (exact) mass is 565 g/mol. The zero-order chi connectivity index (χ0) is 27.5. The van der Waals surface area contributed by atoms with Crippen molar-refractivity contribution in [3.05, 3.63) is 82.6 Å². The fraction of sp³-hybridized carbons (Fsp3) is 0.241. The molecule has 7 nitrogen and oxygen atoms in total. The number of carboxylic acid groups (broad SMARTS) is 1. The predicted molar refractivity (Wildman–Crippen MR) is 149 cm³/mol. The molecule has 0 aliphatic heterocycles. The molecule has 2 heterocycles. The van der Waals surface area contributed by atoms with Crippen molar-refractivity contribution in [3.63, 3.8) is 0 Å². The summed E-state index contributed by atoms with van der Waals surface area (Å²) in [5.74, 6) is -1.80. The standard InChI is InChI=1S/C29H25ClFN3O4S/c1-38-24-12-7-18(16-32-24)22-11-8-20(30)15-23(22)26-27(31)39-29(33-26)34(21-9-10-21)28(37)19(14-25(35)36)13-17-5-3-2-4-6-17/h2-8,11-12,15-16,19,21H,9-10,13-14H2,1H3,(H,35,36). The van der Waals surface area contributed by atoms with E-state index in [1.807, 2.05) is 36.4 Å². The van der Waals surface area contributed by atoms with E-state index in [-0.39, 0.29) is 35.6 Å². The second-order valence-electron chi connectivity index (χ2n) is 9.32. The minimum Gasteiger partial charge on any atom is -0.481 e. The van der Waals surface area contributed by atoms with Gasteiger partial charge in [0.1, 0.15) is 5.69 Å². The van der Waals surface area contributed by atoms with Crippen molar-refractivity contribution in [2.75, 3.05) is 12.0 Å². The van der Waals surface area contributed by atoms with Gasteiger partial charge < -0.3 is 9.84 Å². The lowest BCUT2D eigenvalue weighted by Gasteiger charge is -2.24. The van der Waals surface area contributed by atoms with Gasteiger partial charge in [-0.05, 0) is 48.6 Å². The molecule has 1 N–H and O–H groups in total. The molecule has 0 saturated heterocycles. The summed E-state index contributed by atoms with van der Waals surface area (Å²) in [6.45, 7) is 0. The summed E-state index contributed by atoms with van der Waals surface area (Å²) < 4.78 is 20.7. The van der Waals surface area contributed by atoms with Crippen LogP contribution in [0.1, 0.15) is 24.8 Å². The van der Waals surface area contributed by atoms with E-state index >= 15 is 4.39 Å². The maximum atomic E-state index is 15.6. The first kappa shape index (κ1) is 26.8. The van der Waals surface area contributed by atoms with Crippen molar-refractivity contribution in [1.82, 2.24) is 9.97 Å².